The summed E-state index contributed by atoms with van der Waals surface area (Å²) in [4.78, 5) is 12.3. The summed E-state index contributed by atoms with van der Waals surface area (Å²) in [6.45, 7) is 8.21. The van der Waals surface area contributed by atoms with Gasteiger partial charge in [0.05, 0.1) is 4.90 Å². The highest BCUT2D eigenvalue weighted by Crippen LogP contribution is 2.20. The van der Waals surface area contributed by atoms with Crippen LogP contribution < -0.4 is 10.1 Å². The number of benzene rings is 2. The first kappa shape index (κ1) is 20.9. The summed E-state index contributed by atoms with van der Waals surface area (Å²) >= 11 is 0. The molecule has 6 nitrogen and oxygen atoms in total. The maximum absolute atomic E-state index is 12.5. The lowest BCUT2D eigenvalue weighted by atomic mass is 10.1. The highest BCUT2D eigenvalue weighted by molar-refractivity contribution is 7.89. The fourth-order valence-corrected chi connectivity index (χ4v) is 4.18. The van der Waals surface area contributed by atoms with Crippen LogP contribution in [-0.2, 0) is 14.8 Å². The lowest BCUT2D eigenvalue weighted by Crippen LogP contribution is -2.30. The molecule has 7 heteroatoms. The minimum atomic E-state index is -3.51. The Bertz CT molecular complexity index is 889. The number of rotatable bonds is 8. The maximum Gasteiger partial charge on any atom is 0.262 e. The van der Waals surface area contributed by atoms with Crippen molar-refractivity contribution < 1.29 is 17.9 Å². The smallest absolute Gasteiger partial charge is 0.262 e. The molecule has 0 aliphatic rings. The fraction of sp³-hybridized carbons (Fsp3) is 0.350. The van der Waals surface area contributed by atoms with Crippen LogP contribution in [0.15, 0.2) is 47.4 Å². The number of nitrogens with one attached hydrogen (secondary N) is 1. The second-order valence-electron chi connectivity index (χ2n) is 6.22. The molecule has 2 aromatic rings. The van der Waals surface area contributed by atoms with Gasteiger partial charge < -0.3 is 10.1 Å². The van der Waals surface area contributed by atoms with E-state index in [1.165, 1.54) is 16.4 Å². The molecule has 27 heavy (non-hydrogen) atoms. The average Bonchev–Trinajstić information content (AvgIpc) is 2.62. The maximum atomic E-state index is 12.5. The number of hydrogen-bond donors (Lipinski definition) is 1. The predicted molar refractivity (Wildman–Crippen MR) is 107 cm³/mol. The molecule has 0 fully saturated rings. The standard InChI is InChI=1S/C20H26N2O4S/c1-5-22(6-2)27(24,25)18-10-8-17(9-11-18)21-20(23)14-26-19-12-7-15(3)13-16(19)4/h7-13H,5-6,14H2,1-4H3,(H,21,23). The third kappa shape index (κ3) is 5.30. The Morgan fingerprint density at radius 1 is 1.04 bits per heavy atom. The predicted octanol–water partition coefficient (Wildman–Crippen LogP) is 3.35. The summed E-state index contributed by atoms with van der Waals surface area (Å²) in [6, 6.07) is 11.9. The van der Waals surface area contributed by atoms with Gasteiger partial charge in [0.15, 0.2) is 6.61 Å². The Labute approximate surface area is 161 Å². The van der Waals surface area contributed by atoms with Gasteiger partial charge >= 0.3 is 0 Å². The molecular weight excluding hydrogens is 364 g/mol. The van der Waals surface area contributed by atoms with Crippen molar-refractivity contribution in [3.8, 4) is 5.75 Å². The lowest BCUT2D eigenvalue weighted by molar-refractivity contribution is -0.118. The third-order valence-electron chi connectivity index (χ3n) is 4.17. The first-order valence-electron chi connectivity index (χ1n) is 8.88. The molecular formula is C20H26N2O4S. The monoisotopic (exact) mass is 390 g/mol. The van der Waals surface area contributed by atoms with Gasteiger partial charge in [0, 0.05) is 18.8 Å². The molecule has 0 unspecified atom stereocenters. The zero-order valence-electron chi connectivity index (χ0n) is 16.2. The van der Waals surface area contributed by atoms with Gasteiger partial charge in [0.2, 0.25) is 10.0 Å². The van der Waals surface area contributed by atoms with E-state index in [1.54, 1.807) is 26.0 Å². The van der Waals surface area contributed by atoms with Crippen LogP contribution in [0.5, 0.6) is 5.75 Å². The van der Waals surface area contributed by atoms with Crippen molar-refractivity contribution in [2.75, 3.05) is 25.0 Å². The van der Waals surface area contributed by atoms with Crippen LogP contribution >= 0.6 is 0 Å². The van der Waals surface area contributed by atoms with Crippen molar-refractivity contribution in [2.45, 2.75) is 32.6 Å². The van der Waals surface area contributed by atoms with Gasteiger partial charge in [-0.3, -0.25) is 4.79 Å². The molecule has 0 radical (unpaired) electrons. The van der Waals surface area contributed by atoms with Crippen LogP contribution in [-0.4, -0.2) is 38.3 Å². The highest BCUT2D eigenvalue weighted by Gasteiger charge is 2.21. The zero-order valence-corrected chi connectivity index (χ0v) is 17.0. The van der Waals surface area contributed by atoms with E-state index in [0.717, 1.165) is 11.1 Å². The van der Waals surface area contributed by atoms with Gasteiger partial charge in [0.1, 0.15) is 5.75 Å². The van der Waals surface area contributed by atoms with Crippen LogP contribution in [0.3, 0.4) is 0 Å². The first-order valence-corrected chi connectivity index (χ1v) is 10.3. The topological polar surface area (TPSA) is 75.7 Å². The molecule has 146 valence electrons. The minimum Gasteiger partial charge on any atom is -0.483 e. The Kier molecular flexibility index (Phi) is 6.98. The van der Waals surface area contributed by atoms with Crippen molar-refractivity contribution >= 4 is 21.6 Å². The number of anilines is 1. The number of nitrogens with zero attached hydrogens (tertiary/aromatic N) is 1. The van der Waals surface area contributed by atoms with Crippen molar-refractivity contribution in [3.63, 3.8) is 0 Å². The van der Waals surface area contributed by atoms with Gasteiger partial charge in [0.25, 0.3) is 5.91 Å². The number of carbonyl (C=O) groups is 1. The molecule has 0 saturated heterocycles. The Hall–Kier alpha value is -2.38. The normalized spacial score (nSPS) is 11.4. The van der Waals surface area contributed by atoms with Gasteiger partial charge in [-0.25, -0.2) is 8.42 Å². The molecule has 0 bridgehead atoms. The number of hydrogen-bond acceptors (Lipinski definition) is 4. The number of amides is 1. The summed E-state index contributed by atoms with van der Waals surface area (Å²) in [5.41, 5.74) is 2.61. The third-order valence-corrected chi connectivity index (χ3v) is 6.23. The molecule has 0 aromatic heterocycles. The number of sulfonamides is 1. The second-order valence-corrected chi connectivity index (χ2v) is 8.16. The van der Waals surface area contributed by atoms with Crippen molar-refractivity contribution in [1.29, 1.82) is 0 Å². The van der Waals surface area contributed by atoms with Crippen LogP contribution in [0.1, 0.15) is 25.0 Å². The van der Waals surface area contributed by atoms with Crippen molar-refractivity contribution in [1.82, 2.24) is 4.31 Å². The van der Waals surface area contributed by atoms with Crippen molar-refractivity contribution in [3.05, 3.63) is 53.6 Å². The number of carbonyl (C=O) groups excluding carboxylic acids is 1. The molecule has 1 amide bonds. The Balaban J connectivity index is 1.98. The summed E-state index contributed by atoms with van der Waals surface area (Å²) < 4.78 is 31.9. The van der Waals surface area contributed by atoms with Crippen LogP contribution in [0.4, 0.5) is 5.69 Å². The van der Waals surface area contributed by atoms with Gasteiger partial charge in [-0.05, 0) is 49.7 Å². The molecule has 0 aliphatic heterocycles. The second kappa shape index (κ2) is 9.01. The highest BCUT2D eigenvalue weighted by atomic mass is 32.2. The molecule has 2 aromatic carbocycles. The van der Waals surface area contributed by atoms with E-state index < -0.39 is 10.0 Å². The summed E-state index contributed by atoms with van der Waals surface area (Å²) in [7, 11) is -3.51. The van der Waals surface area contributed by atoms with Crippen LogP contribution in [0.25, 0.3) is 0 Å². The first-order chi connectivity index (χ1) is 12.8. The van der Waals surface area contributed by atoms with E-state index in [2.05, 4.69) is 5.32 Å². The minimum absolute atomic E-state index is 0.122. The SMILES string of the molecule is CCN(CC)S(=O)(=O)c1ccc(NC(=O)COc2ccc(C)cc2C)cc1. The summed E-state index contributed by atoms with van der Waals surface area (Å²) in [6.07, 6.45) is 0. The quantitative estimate of drug-likeness (QED) is 0.750. The average molecular weight is 391 g/mol. The number of aryl methyl sites for hydroxylation is 2. The molecule has 0 saturated carbocycles. The largest absolute Gasteiger partial charge is 0.483 e. The molecule has 0 atom stereocenters. The van der Waals surface area contributed by atoms with Gasteiger partial charge in [-0.1, -0.05) is 31.5 Å². The molecule has 2 rings (SSSR count). The lowest BCUT2D eigenvalue weighted by Gasteiger charge is -2.18. The molecule has 0 heterocycles. The summed E-state index contributed by atoms with van der Waals surface area (Å²) in [5, 5.41) is 2.71. The van der Waals surface area contributed by atoms with Gasteiger partial charge in [-0.2, -0.15) is 4.31 Å². The van der Waals surface area contributed by atoms with E-state index in [9.17, 15) is 13.2 Å². The summed E-state index contributed by atoms with van der Waals surface area (Å²) in [5.74, 6) is 0.353. The van der Waals surface area contributed by atoms with Crippen molar-refractivity contribution in [2.24, 2.45) is 0 Å². The van der Waals surface area contributed by atoms with Crippen LogP contribution in [0.2, 0.25) is 0 Å². The Morgan fingerprint density at radius 2 is 1.67 bits per heavy atom. The number of ether oxygens (including phenoxy) is 1. The van der Waals surface area contributed by atoms with E-state index in [1.807, 2.05) is 32.0 Å². The van der Waals surface area contributed by atoms with E-state index in [-0.39, 0.29) is 17.4 Å². The van der Waals surface area contributed by atoms with Gasteiger partial charge in [-0.15, -0.1) is 0 Å². The zero-order chi connectivity index (χ0) is 20.0. The van der Waals surface area contributed by atoms with E-state index in [0.29, 0.717) is 24.5 Å². The molecule has 1 N–H and O–H groups in total. The fourth-order valence-electron chi connectivity index (χ4n) is 2.72. The molecule has 0 aliphatic carbocycles. The van der Waals surface area contributed by atoms with Crippen LogP contribution in [0, 0.1) is 13.8 Å². The van der Waals surface area contributed by atoms with E-state index in [4.69, 9.17) is 4.74 Å². The Morgan fingerprint density at radius 3 is 2.22 bits per heavy atom. The molecule has 0 spiro atoms. The van der Waals surface area contributed by atoms with E-state index >= 15 is 0 Å².